The molecule has 1 saturated carbocycles. The van der Waals surface area contributed by atoms with Gasteiger partial charge in [-0.2, -0.15) is 10.2 Å². The lowest BCUT2D eigenvalue weighted by Gasteiger charge is -2.04. The normalized spacial score (nSPS) is 13.5. The molecule has 0 unspecified atom stereocenters. The molecule has 118 valence electrons. The van der Waals surface area contributed by atoms with Gasteiger partial charge in [0.15, 0.2) is 5.82 Å². The number of thiophene rings is 1. The van der Waals surface area contributed by atoms with E-state index in [1.807, 2.05) is 17.5 Å². The van der Waals surface area contributed by atoms with Crippen molar-refractivity contribution in [1.82, 2.24) is 10.1 Å². The summed E-state index contributed by atoms with van der Waals surface area (Å²) >= 11 is 1.44. The molecule has 1 N–H and O–H groups in total. The van der Waals surface area contributed by atoms with Crippen LogP contribution in [0.4, 0.5) is 5.69 Å². The van der Waals surface area contributed by atoms with Gasteiger partial charge in [-0.15, -0.1) is 11.3 Å². The van der Waals surface area contributed by atoms with E-state index in [-0.39, 0.29) is 5.91 Å². The van der Waals surface area contributed by atoms with Crippen molar-refractivity contribution in [2.45, 2.75) is 18.8 Å². The van der Waals surface area contributed by atoms with Crippen LogP contribution in [-0.4, -0.2) is 16.0 Å². The van der Waals surface area contributed by atoms with Crippen LogP contribution in [0.1, 0.15) is 40.5 Å². The molecule has 0 bridgehead atoms. The highest BCUT2D eigenvalue weighted by Crippen LogP contribution is 2.40. The first-order valence-corrected chi connectivity index (χ1v) is 8.35. The quantitative estimate of drug-likeness (QED) is 0.782. The summed E-state index contributed by atoms with van der Waals surface area (Å²) in [5, 5.41) is 17.5. The van der Waals surface area contributed by atoms with E-state index in [2.05, 4.69) is 15.5 Å². The van der Waals surface area contributed by atoms with E-state index >= 15 is 0 Å². The molecule has 1 aliphatic carbocycles. The van der Waals surface area contributed by atoms with Crippen molar-refractivity contribution >= 4 is 22.9 Å². The predicted molar refractivity (Wildman–Crippen MR) is 88.7 cm³/mol. The molecule has 3 aromatic rings. The first-order chi connectivity index (χ1) is 11.7. The number of nitrogens with one attached hydrogen (secondary N) is 1. The van der Waals surface area contributed by atoms with E-state index in [0.717, 1.165) is 23.5 Å². The van der Waals surface area contributed by atoms with Crippen LogP contribution >= 0.6 is 11.3 Å². The van der Waals surface area contributed by atoms with Gasteiger partial charge in [0.05, 0.1) is 17.3 Å². The Bertz CT molecular complexity index is 932. The Morgan fingerprint density at radius 2 is 2.08 bits per heavy atom. The minimum atomic E-state index is -0.249. The molecule has 0 spiro atoms. The van der Waals surface area contributed by atoms with Crippen molar-refractivity contribution in [2.75, 3.05) is 5.32 Å². The second-order valence-corrected chi connectivity index (χ2v) is 6.45. The molecule has 7 heteroatoms. The van der Waals surface area contributed by atoms with Crippen LogP contribution < -0.4 is 5.32 Å². The average Bonchev–Trinajstić information content (AvgIpc) is 3.17. The van der Waals surface area contributed by atoms with Gasteiger partial charge in [-0.3, -0.25) is 4.79 Å². The smallest absolute Gasteiger partial charge is 0.270 e. The van der Waals surface area contributed by atoms with Gasteiger partial charge in [0, 0.05) is 11.5 Å². The fraction of sp³-hybridized carbons (Fsp3) is 0.176. The van der Waals surface area contributed by atoms with E-state index in [1.54, 1.807) is 24.3 Å². The molecule has 0 aliphatic heterocycles. The molecule has 0 radical (unpaired) electrons. The van der Waals surface area contributed by atoms with Gasteiger partial charge in [-0.1, -0.05) is 5.16 Å². The van der Waals surface area contributed by atoms with Crippen LogP contribution in [0.3, 0.4) is 0 Å². The maximum atomic E-state index is 12.4. The Morgan fingerprint density at radius 3 is 2.79 bits per heavy atom. The minimum absolute atomic E-state index is 0.249. The van der Waals surface area contributed by atoms with Crippen molar-refractivity contribution in [1.29, 1.82) is 5.26 Å². The van der Waals surface area contributed by atoms with Gasteiger partial charge < -0.3 is 9.84 Å². The standard InChI is InChI=1S/C17H12N4O2S/c18-9-10-1-3-12(4-2-10)16(22)19-13-7-8-24-14(13)17-20-15(21-23-17)11-5-6-11/h1-4,7-8,11H,5-6H2,(H,19,22). The summed E-state index contributed by atoms with van der Waals surface area (Å²) in [6.45, 7) is 0. The van der Waals surface area contributed by atoms with E-state index in [9.17, 15) is 4.79 Å². The summed E-state index contributed by atoms with van der Waals surface area (Å²) in [6, 6.07) is 10.3. The maximum Gasteiger partial charge on any atom is 0.270 e. The Labute approximate surface area is 141 Å². The minimum Gasteiger partial charge on any atom is -0.333 e. The number of carbonyl (C=O) groups excluding carboxylic acids is 1. The highest BCUT2D eigenvalue weighted by molar-refractivity contribution is 7.14. The number of nitriles is 1. The lowest BCUT2D eigenvalue weighted by Crippen LogP contribution is -2.11. The van der Waals surface area contributed by atoms with Crippen molar-refractivity contribution in [3.05, 3.63) is 52.7 Å². The highest BCUT2D eigenvalue weighted by atomic mass is 32.1. The Kier molecular flexibility index (Phi) is 3.59. The summed E-state index contributed by atoms with van der Waals surface area (Å²) < 4.78 is 5.33. The monoisotopic (exact) mass is 336 g/mol. The third kappa shape index (κ3) is 2.79. The summed E-state index contributed by atoms with van der Waals surface area (Å²) in [4.78, 5) is 17.5. The molecule has 1 fully saturated rings. The maximum absolute atomic E-state index is 12.4. The Balaban J connectivity index is 1.55. The predicted octanol–water partition coefficient (Wildman–Crippen LogP) is 3.80. The van der Waals surface area contributed by atoms with Gasteiger partial charge in [0.2, 0.25) is 0 Å². The number of hydrogen-bond acceptors (Lipinski definition) is 6. The van der Waals surface area contributed by atoms with E-state index < -0.39 is 0 Å². The van der Waals surface area contributed by atoms with E-state index in [0.29, 0.717) is 28.6 Å². The topological polar surface area (TPSA) is 91.8 Å². The molecule has 2 aromatic heterocycles. The third-order valence-electron chi connectivity index (χ3n) is 3.77. The first-order valence-electron chi connectivity index (χ1n) is 7.47. The van der Waals surface area contributed by atoms with Crippen LogP contribution in [0.25, 0.3) is 10.8 Å². The number of hydrogen-bond donors (Lipinski definition) is 1. The zero-order chi connectivity index (χ0) is 16.5. The largest absolute Gasteiger partial charge is 0.333 e. The number of aromatic nitrogens is 2. The fourth-order valence-corrected chi connectivity index (χ4v) is 3.07. The number of nitrogens with zero attached hydrogens (tertiary/aromatic N) is 3. The first kappa shape index (κ1) is 14.6. The lowest BCUT2D eigenvalue weighted by atomic mass is 10.1. The van der Waals surface area contributed by atoms with Gasteiger partial charge in [-0.25, -0.2) is 0 Å². The molecule has 4 rings (SSSR count). The summed E-state index contributed by atoms with van der Waals surface area (Å²) in [5.41, 5.74) is 1.64. The molecule has 2 heterocycles. The molecule has 0 saturated heterocycles. The zero-order valence-corrected chi connectivity index (χ0v) is 13.3. The van der Waals surface area contributed by atoms with Crippen LogP contribution in [-0.2, 0) is 0 Å². The summed E-state index contributed by atoms with van der Waals surface area (Å²) in [7, 11) is 0. The SMILES string of the molecule is N#Cc1ccc(C(=O)Nc2ccsc2-c2nc(C3CC3)no2)cc1. The molecule has 0 atom stereocenters. The van der Waals surface area contributed by atoms with Gasteiger partial charge >= 0.3 is 0 Å². The number of carbonyl (C=O) groups is 1. The van der Waals surface area contributed by atoms with Crippen LogP contribution in [0.2, 0.25) is 0 Å². The molecule has 24 heavy (non-hydrogen) atoms. The second-order valence-electron chi connectivity index (χ2n) is 5.54. The number of amides is 1. The molecule has 1 amide bonds. The van der Waals surface area contributed by atoms with Crippen LogP contribution in [0.15, 0.2) is 40.2 Å². The van der Waals surface area contributed by atoms with E-state index in [4.69, 9.17) is 9.78 Å². The Hall–Kier alpha value is -2.98. The van der Waals surface area contributed by atoms with Crippen molar-refractivity contribution in [3.8, 4) is 16.8 Å². The molecule has 1 aromatic carbocycles. The van der Waals surface area contributed by atoms with Crippen LogP contribution in [0, 0.1) is 11.3 Å². The van der Waals surface area contributed by atoms with Gasteiger partial charge in [0.1, 0.15) is 4.88 Å². The summed E-state index contributed by atoms with van der Waals surface area (Å²) in [5.74, 6) is 1.34. The van der Waals surface area contributed by atoms with Gasteiger partial charge in [0.25, 0.3) is 11.8 Å². The third-order valence-corrected chi connectivity index (χ3v) is 4.67. The highest BCUT2D eigenvalue weighted by Gasteiger charge is 2.29. The van der Waals surface area contributed by atoms with Crippen LogP contribution in [0.5, 0.6) is 0 Å². The lowest BCUT2D eigenvalue weighted by molar-refractivity contribution is 0.102. The Morgan fingerprint density at radius 1 is 1.29 bits per heavy atom. The molecular formula is C17H12N4O2S. The van der Waals surface area contributed by atoms with Crippen molar-refractivity contribution < 1.29 is 9.32 Å². The molecule has 1 aliphatic rings. The number of anilines is 1. The zero-order valence-electron chi connectivity index (χ0n) is 12.5. The molecular weight excluding hydrogens is 324 g/mol. The van der Waals surface area contributed by atoms with E-state index in [1.165, 1.54) is 11.3 Å². The summed E-state index contributed by atoms with van der Waals surface area (Å²) in [6.07, 6.45) is 2.21. The van der Waals surface area contributed by atoms with Crippen molar-refractivity contribution in [3.63, 3.8) is 0 Å². The molecule has 6 nitrogen and oxygen atoms in total. The number of rotatable bonds is 4. The van der Waals surface area contributed by atoms with Gasteiger partial charge in [-0.05, 0) is 48.6 Å². The number of benzene rings is 1. The fourth-order valence-electron chi connectivity index (χ4n) is 2.30. The average molecular weight is 336 g/mol. The van der Waals surface area contributed by atoms with Crippen molar-refractivity contribution in [2.24, 2.45) is 0 Å². The second kappa shape index (κ2) is 5.91.